The molecule has 0 fully saturated rings. The molecule has 0 radical (unpaired) electrons. The van der Waals surface area contributed by atoms with Crippen molar-refractivity contribution < 1.29 is 9.53 Å². The van der Waals surface area contributed by atoms with Crippen LogP contribution in [0.15, 0.2) is 12.1 Å². The molecule has 20 heavy (non-hydrogen) atoms. The van der Waals surface area contributed by atoms with Gasteiger partial charge >= 0.3 is 0 Å². The third-order valence-corrected chi connectivity index (χ3v) is 4.67. The zero-order chi connectivity index (χ0) is 14.3. The van der Waals surface area contributed by atoms with Crippen molar-refractivity contribution in [2.75, 3.05) is 6.61 Å². The number of fused-ring (bicyclic) bond motifs is 1. The number of rotatable bonds is 3. The molecule has 0 spiro atoms. The van der Waals surface area contributed by atoms with E-state index in [1.807, 2.05) is 26.0 Å². The number of hydrogen-bond acceptors (Lipinski definition) is 4. The number of nitrogens with zero attached hydrogens (tertiary/aromatic N) is 1. The Bertz CT molecular complexity index is 693. The van der Waals surface area contributed by atoms with Crippen molar-refractivity contribution in [2.24, 2.45) is 0 Å². The van der Waals surface area contributed by atoms with E-state index < -0.39 is 0 Å². The fourth-order valence-electron chi connectivity index (χ4n) is 2.52. The van der Waals surface area contributed by atoms with E-state index in [4.69, 9.17) is 16.3 Å². The summed E-state index contributed by atoms with van der Waals surface area (Å²) in [5.74, 6) is 0.912. The first-order chi connectivity index (χ1) is 9.54. The topological polar surface area (TPSA) is 39.2 Å². The zero-order valence-electron chi connectivity index (χ0n) is 11.3. The van der Waals surface area contributed by atoms with E-state index in [1.165, 1.54) is 11.3 Å². The largest absolute Gasteiger partial charge is 0.493 e. The Hall–Kier alpha value is -1.39. The van der Waals surface area contributed by atoms with E-state index in [0.29, 0.717) is 18.1 Å². The van der Waals surface area contributed by atoms with Gasteiger partial charge < -0.3 is 4.74 Å². The van der Waals surface area contributed by atoms with Gasteiger partial charge in [-0.1, -0.05) is 11.6 Å². The molecular formula is C15H14ClNO2S. The van der Waals surface area contributed by atoms with Gasteiger partial charge in [-0.2, -0.15) is 0 Å². The van der Waals surface area contributed by atoms with Crippen LogP contribution in [0.2, 0.25) is 5.02 Å². The summed E-state index contributed by atoms with van der Waals surface area (Å²) in [4.78, 5) is 17.5. The number of benzene rings is 1. The quantitative estimate of drug-likeness (QED) is 0.810. The summed E-state index contributed by atoms with van der Waals surface area (Å²) >= 11 is 7.56. The highest BCUT2D eigenvalue weighted by atomic mass is 35.5. The Balaban J connectivity index is 1.92. The summed E-state index contributed by atoms with van der Waals surface area (Å²) in [7, 11) is 0. The standard InChI is InChI=1S/C15H14ClNO2S/c1-8-15(20-9(2)17-8)13(18)7-11-6-12(16)5-10-3-4-19-14(10)11/h5-6H,3-4,7H2,1-2H3. The third-order valence-electron chi connectivity index (χ3n) is 3.33. The number of hydrogen-bond donors (Lipinski definition) is 0. The smallest absolute Gasteiger partial charge is 0.179 e. The molecule has 0 amide bonds. The molecule has 0 N–H and O–H groups in total. The van der Waals surface area contributed by atoms with Crippen molar-refractivity contribution in [3.63, 3.8) is 0 Å². The molecule has 0 atom stereocenters. The monoisotopic (exact) mass is 307 g/mol. The van der Waals surface area contributed by atoms with Gasteiger partial charge in [0.25, 0.3) is 0 Å². The maximum atomic E-state index is 12.4. The summed E-state index contributed by atoms with van der Waals surface area (Å²) in [5, 5.41) is 1.58. The van der Waals surface area contributed by atoms with Gasteiger partial charge in [0.15, 0.2) is 5.78 Å². The maximum absolute atomic E-state index is 12.4. The van der Waals surface area contributed by atoms with E-state index in [2.05, 4.69) is 4.98 Å². The second kappa shape index (κ2) is 5.19. The maximum Gasteiger partial charge on any atom is 0.179 e. The summed E-state index contributed by atoms with van der Waals surface area (Å²) in [5.41, 5.74) is 2.77. The SMILES string of the molecule is Cc1nc(C)c(C(=O)Cc2cc(Cl)cc3c2OCC3)s1. The second-order valence-electron chi connectivity index (χ2n) is 4.90. The lowest BCUT2D eigenvalue weighted by molar-refractivity contribution is 0.0995. The minimum absolute atomic E-state index is 0.0769. The Morgan fingerprint density at radius 2 is 2.25 bits per heavy atom. The van der Waals surface area contributed by atoms with E-state index in [-0.39, 0.29) is 5.78 Å². The Kier molecular flexibility index (Phi) is 3.52. The third kappa shape index (κ3) is 2.45. The predicted octanol–water partition coefficient (Wildman–Crippen LogP) is 3.77. The van der Waals surface area contributed by atoms with Crippen LogP contribution in [-0.4, -0.2) is 17.4 Å². The number of thiazole rings is 1. The molecule has 0 saturated carbocycles. The second-order valence-corrected chi connectivity index (χ2v) is 6.54. The van der Waals surface area contributed by atoms with Crippen LogP contribution in [0.5, 0.6) is 5.75 Å². The molecule has 1 aromatic heterocycles. The lowest BCUT2D eigenvalue weighted by Crippen LogP contribution is -2.04. The molecule has 5 heteroatoms. The molecule has 3 nitrogen and oxygen atoms in total. The molecule has 0 aliphatic carbocycles. The molecule has 2 aromatic rings. The Morgan fingerprint density at radius 3 is 2.95 bits per heavy atom. The normalized spacial score (nSPS) is 13.2. The minimum Gasteiger partial charge on any atom is -0.493 e. The fourth-order valence-corrected chi connectivity index (χ4v) is 3.64. The van der Waals surface area contributed by atoms with E-state index in [1.54, 1.807) is 0 Å². The van der Waals surface area contributed by atoms with E-state index in [9.17, 15) is 4.79 Å². The number of ether oxygens (including phenoxy) is 1. The van der Waals surface area contributed by atoms with Crippen LogP contribution in [0.3, 0.4) is 0 Å². The number of carbonyl (C=O) groups excluding carboxylic acids is 1. The van der Waals surface area contributed by atoms with Crippen molar-refractivity contribution in [2.45, 2.75) is 26.7 Å². The van der Waals surface area contributed by atoms with Gasteiger partial charge in [-0.3, -0.25) is 4.79 Å². The molecule has 0 bridgehead atoms. The van der Waals surface area contributed by atoms with Gasteiger partial charge in [-0.25, -0.2) is 4.98 Å². The zero-order valence-corrected chi connectivity index (χ0v) is 12.9. The molecule has 0 unspecified atom stereocenters. The first-order valence-electron chi connectivity index (χ1n) is 6.46. The average molecular weight is 308 g/mol. The molecule has 0 saturated heterocycles. The van der Waals surface area contributed by atoms with E-state index in [0.717, 1.165) is 38.9 Å². The van der Waals surface area contributed by atoms with Crippen LogP contribution in [0.25, 0.3) is 0 Å². The first kappa shape index (κ1) is 13.6. The van der Waals surface area contributed by atoms with Gasteiger partial charge in [0.2, 0.25) is 0 Å². The summed E-state index contributed by atoms with van der Waals surface area (Å²) in [6.07, 6.45) is 1.17. The van der Waals surface area contributed by atoms with Crippen molar-refractivity contribution >= 4 is 28.7 Å². The number of carbonyl (C=O) groups is 1. The average Bonchev–Trinajstić information content (AvgIpc) is 2.95. The number of ketones is 1. The van der Waals surface area contributed by atoms with Crippen molar-refractivity contribution in [3.8, 4) is 5.75 Å². The van der Waals surface area contributed by atoms with Crippen LogP contribution in [-0.2, 0) is 12.8 Å². The van der Waals surface area contributed by atoms with Gasteiger partial charge in [0.05, 0.1) is 22.2 Å². The van der Waals surface area contributed by atoms with Crippen LogP contribution in [0.1, 0.15) is 31.5 Å². The van der Waals surface area contributed by atoms with Gasteiger partial charge in [0, 0.05) is 23.4 Å². The summed E-state index contributed by atoms with van der Waals surface area (Å²) in [6.45, 7) is 4.44. The Labute approximate surface area is 126 Å². The summed E-state index contributed by atoms with van der Waals surface area (Å²) < 4.78 is 5.63. The van der Waals surface area contributed by atoms with E-state index >= 15 is 0 Å². The molecule has 1 aromatic carbocycles. The lowest BCUT2D eigenvalue weighted by Gasteiger charge is -2.08. The highest BCUT2D eigenvalue weighted by Gasteiger charge is 2.21. The molecule has 104 valence electrons. The van der Waals surface area contributed by atoms with Crippen LogP contribution >= 0.6 is 22.9 Å². The van der Waals surface area contributed by atoms with Crippen molar-refractivity contribution in [1.82, 2.24) is 4.98 Å². The first-order valence-corrected chi connectivity index (χ1v) is 7.65. The molecule has 1 aliphatic heterocycles. The molecule has 3 rings (SSSR count). The number of halogens is 1. The molecular weight excluding hydrogens is 294 g/mol. The van der Waals surface area contributed by atoms with Gasteiger partial charge in [-0.15, -0.1) is 11.3 Å². The highest BCUT2D eigenvalue weighted by molar-refractivity contribution is 7.13. The van der Waals surface area contributed by atoms with Crippen LogP contribution in [0.4, 0.5) is 0 Å². The molecule has 1 aliphatic rings. The minimum atomic E-state index is 0.0769. The predicted molar refractivity (Wildman–Crippen MR) is 80.3 cm³/mol. The Morgan fingerprint density at radius 1 is 1.45 bits per heavy atom. The number of Topliss-reactive ketones (excluding diaryl/α,β-unsaturated/α-hetero) is 1. The number of aryl methyl sites for hydroxylation is 2. The van der Waals surface area contributed by atoms with Crippen LogP contribution in [0, 0.1) is 13.8 Å². The molecule has 2 heterocycles. The van der Waals surface area contributed by atoms with Gasteiger partial charge in [-0.05, 0) is 31.5 Å². The van der Waals surface area contributed by atoms with Crippen molar-refractivity contribution in [1.29, 1.82) is 0 Å². The lowest BCUT2D eigenvalue weighted by atomic mass is 10.0. The van der Waals surface area contributed by atoms with Gasteiger partial charge in [0.1, 0.15) is 5.75 Å². The fraction of sp³-hybridized carbons (Fsp3) is 0.333. The number of aromatic nitrogens is 1. The van der Waals surface area contributed by atoms with Crippen molar-refractivity contribution in [3.05, 3.63) is 43.9 Å². The van der Waals surface area contributed by atoms with Crippen LogP contribution < -0.4 is 4.74 Å². The summed E-state index contributed by atoms with van der Waals surface area (Å²) in [6, 6.07) is 3.74. The highest BCUT2D eigenvalue weighted by Crippen LogP contribution is 2.34.